The van der Waals surface area contributed by atoms with Gasteiger partial charge in [-0.2, -0.15) is 0 Å². The highest BCUT2D eigenvalue weighted by molar-refractivity contribution is 5.78. The number of ether oxygens (including phenoxy) is 1. The Morgan fingerprint density at radius 1 is 1.41 bits per heavy atom. The summed E-state index contributed by atoms with van der Waals surface area (Å²) in [5, 5.41) is 21.1. The van der Waals surface area contributed by atoms with Crippen LogP contribution in [0, 0.1) is 0 Å². The maximum Gasteiger partial charge on any atom is 0.224 e. The van der Waals surface area contributed by atoms with Gasteiger partial charge in [0.15, 0.2) is 0 Å². The summed E-state index contributed by atoms with van der Waals surface area (Å²) in [7, 11) is 3.99. The molecule has 158 valence electrons. The molecule has 0 bridgehead atoms. The molecule has 0 spiro atoms. The highest BCUT2D eigenvalue weighted by atomic mass is 16.5. The van der Waals surface area contributed by atoms with Gasteiger partial charge in [-0.3, -0.25) is 14.5 Å². The van der Waals surface area contributed by atoms with E-state index in [1.54, 1.807) is 12.4 Å². The Labute approximate surface area is 171 Å². The van der Waals surface area contributed by atoms with Gasteiger partial charge in [-0.15, -0.1) is 5.10 Å². The second kappa shape index (κ2) is 10.4. The smallest absolute Gasteiger partial charge is 0.224 e. The van der Waals surface area contributed by atoms with E-state index in [0.717, 1.165) is 37.1 Å². The van der Waals surface area contributed by atoms with Crippen molar-refractivity contribution in [3.8, 4) is 0 Å². The summed E-state index contributed by atoms with van der Waals surface area (Å²) in [4.78, 5) is 18.4. The summed E-state index contributed by atoms with van der Waals surface area (Å²) < 4.78 is 7.88. The third kappa shape index (κ3) is 6.59. The van der Waals surface area contributed by atoms with Crippen molar-refractivity contribution < 1.29 is 14.6 Å². The molecule has 0 saturated carbocycles. The molecule has 2 aromatic rings. The minimum Gasteiger partial charge on any atom is -0.394 e. The zero-order chi connectivity index (χ0) is 20.6. The topological polar surface area (TPSA) is 105 Å². The second-order valence-electron chi connectivity index (χ2n) is 7.77. The number of carbonyl (C=O) groups excluding carboxylic acids is 1. The third-order valence-corrected chi connectivity index (χ3v) is 4.97. The maximum atomic E-state index is 12.3. The van der Waals surface area contributed by atoms with Gasteiger partial charge in [0.1, 0.15) is 6.10 Å². The van der Waals surface area contributed by atoms with E-state index in [4.69, 9.17) is 4.74 Å². The molecule has 0 aliphatic carbocycles. The molecule has 1 aliphatic heterocycles. The van der Waals surface area contributed by atoms with Crippen LogP contribution in [-0.2, 0) is 29.0 Å². The predicted molar refractivity (Wildman–Crippen MR) is 107 cm³/mol. The van der Waals surface area contributed by atoms with Crippen LogP contribution in [0.2, 0.25) is 0 Å². The number of amides is 1. The Morgan fingerprint density at radius 3 is 3.00 bits per heavy atom. The Morgan fingerprint density at radius 2 is 2.28 bits per heavy atom. The van der Waals surface area contributed by atoms with Crippen molar-refractivity contribution >= 4 is 5.91 Å². The largest absolute Gasteiger partial charge is 0.394 e. The second-order valence-corrected chi connectivity index (χ2v) is 7.77. The number of hydrogen-bond acceptors (Lipinski definition) is 7. The van der Waals surface area contributed by atoms with Gasteiger partial charge in [-0.05, 0) is 45.0 Å². The van der Waals surface area contributed by atoms with Crippen LogP contribution in [0.25, 0.3) is 0 Å². The van der Waals surface area contributed by atoms with Gasteiger partial charge in [-0.25, -0.2) is 0 Å². The van der Waals surface area contributed by atoms with E-state index in [9.17, 15) is 9.90 Å². The molecule has 3 heterocycles. The number of nitrogens with zero attached hydrogens (tertiary/aromatic N) is 5. The fourth-order valence-electron chi connectivity index (χ4n) is 3.58. The summed E-state index contributed by atoms with van der Waals surface area (Å²) >= 11 is 0. The number of carbonyl (C=O) groups is 1. The molecule has 29 heavy (non-hydrogen) atoms. The molecule has 0 radical (unpaired) electrons. The van der Waals surface area contributed by atoms with Crippen LogP contribution < -0.4 is 5.32 Å². The summed E-state index contributed by atoms with van der Waals surface area (Å²) in [6, 6.07) is 3.50. The lowest BCUT2D eigenvalue weighted by atomic mass is 9.97. The van der Waals surface area contributed by atoms with E-state index in [-0.39, 0.29) is 31.1 Å². The van der Waals surface area contributed by atoms with Gasteiger partial charge >= 0.3 is 0 Å². The van der Waals surface area contributed by atoms with Crippen molar-refractivity contribution in [3.05, 3.63) is 42.0 Å². The van der Waals surface area contributed by atoms with Crippen LogP contribution in [0.5, 0.6) is 0 Å². The van der Waals surface area contributed by atoms with Crippen LogP contribution in [-0.4, -0.2) is 74.8 Å². The van der Waals surface area contributed by atoms with Crippen molar-refractivity contribution in [2.45, 2.75) is 57.0 Å². The Kier molecular flexibility index (Phi) is 7.68. The number of nitrogens with one attached hydrogen (secondary N) is 1. The number of aliphatic hydroxyl groups is 1. The first-order valence-electron chi connectivity index (χ1n) is 10.0. The first-order chi connectivity index (χ1) is 14.0. The zero-order valence-corrected chi connectivity index (χ0v) is 17.1. The number of hydrogen-bond donors (Lipinski definition) is 2. The number of aliphatic hydroxyl groups excluding tert-OH is 1. The number of aromatic nitrogens is 4. The molecule has 1 fully saturated rings. The summed E-state index contributed by atoms with van der Waals surface area (Å²) in [6.45, 7) is 1.35. The molecule has 1 amide bonds. The van der Waals surface area contributed by atoms with E-state index in [1.165, 1.54) is 0 Å². The highest BCUT2D eigenvalue weighted by Gasteiger charge is 2.31. The van der Waals surface area contributed by atoms with Crippen LogP contribution >= 0.6 is 0 Å². The predicted octanol–water partition coefficient (Wildman–Crippen LogP) is 0.392. The molecule has 1 saturated heterocycles. The van der Waals surface area contributed by atoms with E-state index in [1.807, 2.05) is 42.0 Å². The molecule has 3 atom stereocenters. The van der Waals surface area contributed by atoms with Crippen molar-refractivity contribution in [3.63, 3.8) is 0 Å². The van der Waals surface area contributed by atoms with Gasteiger partial charge in [-0.1, -0.05) is 11.3 Å². The standard InChI is InChI=1S/C20H30N6O3/c1-25(2)12-16-13-26(24-23-16)9-7-17-5-6-18(19(14-27)29-17)22-20(28)10-15-4-3-8-21-11-15/h3-4,8,11,13,17-19,27H,5-7,9-10,12,14H2,1-2H3,(H,22,28)/t17-,18-,19+/m1/s1. The monoisotopic (exact) mass is 402 g/mol. The van der Waals surface area contributed by atoms with E-state index in [0.29, 0.717) is 6.54 Å². The quantitative estimate of drug-likeness (QED) is 0.625. The number of rotatable bonds is 9. The zero-order valence-electron chi connectivity index (χ0n) is 17.1. The minimum atomic E-state index is -0.397. The molecule has 1 aliphatic rings. The minimum absolute atomic E-state index is 0.0279. The van der Waals surface area contributed by atoms with Crippen molar-refractivity contribution in [1.82, 2.24) is 30.2 Å². The number of pyridine rings is 1. The summed E-state index contributed by atoms with van der Waals surface area (Å²) in [5.74, 6) is -0.0838. The molecule has 2 N–H and O–H groups in total. The summed E-state index contributed by atoms with van der Waals surface area (Å²) in [5.41, 5.74) is 1.80. The van der Waals surface area contributed by atoms with Gasteiger partial charge in [0, 0.05) is 31.7 Å². The maximum absolute atomic E-state index is 12.3. The molecule has 0 aromatic carbocycles. The first kappa shape index (κ1) is 21.4. The lowest BCUT2D eigenvalue weighted by molar-refractivity contribution is -0.128. The average Bonchev–Trinajstić information content (AvgIpc) is 3.14. The molecular weight excluding hydrogens is 372 g/mol. The third-order valence-electron chi connectivity index (χ3n) is 4.97. The number of aryl methyl sites for hydroxylation is 1. The van der Waals surface area contributed by atoms with E-state index in [2.05, 4.69) is 20.6 Å². The van der Waals surface area contributed by atoms with E-state index < -0.39 is 6.10 Å². The van der Waals surface area contributed by atoms with Crippen LogP contribution in [0.15, 0.2) is 30.7 Å². The molecule has 9 nitrogen and oxygen atoms in total. The molecular formula is C20H30N6O3. The molecule has 0 unspecified atom stereocenters. The van der Waals surface area contributed by atoms with Gasteiger partial charge < -0.3 is 20.1 Å². The lowest BCUT2D eigenvalue weighted by Gasteiger charge is -2.36. The lowest BCUT2D eigenvalue weighted by Crippen LogP contribution is -2.51. The Hall–Kier alpha value is -2.36. The molecule has 2 aromatic heterocycles. The van der Waals surface area contributed by atoms with E-state index >= 15 is 0 Å². The van der Waals surface area contributed by atoms with Gasteiger partial charge in [0.05, 0.1) is 30.9 Å². The van der Waals surface area contributed by atoms with Gasteiger partial charge in [0.25, 0.3) is 0 Å². The van der Waals surface area contributed by atoms with Crippen molar-refractivity contribution in [2.75, 3.05) is 20.7 Å². The first-order valence-corrected chi connectivity index (χ1v) is 10.0. The van der Waals surface area contributed by atoms with Gasteiger partial charge in [0.2, 0.25) is 5.91 Å². The molecule has 3 rings (SSSR count). The van der Waals surface area contributed by atoms with Crippen LogP contribution in [0.4, 0.5) is 0 Å². The average molecular weight is 402 g/mol. The van der Waals surface area contributed by atoms with Crippen LogP contribution in [0.1, 0.15) is 30.5 Å². The van der Waals surface area contributed by atoms with Crippen LogP contribution in [0.3, 0.4) is 0 Å². The summed E-state index contributed by atoms with van der Waals surface area (Å²) in [6.07, 6.45) is 7.61. The Balaban J connectivity index is 1.45. The fraction of sp³-hybridized carbons (Fsp3) is 0.600. The Bertz CT molecular complexity index is 767. The normalized spacial score (nSPS) is 22.0. The highest BCUT2D eigenvalue weighted by Crippen LogP contribution is 2.22. The SMILES string of the molecule is CN(C)Cc1cn(CC[C@H]2CC[C@@H](NC(=O)Cc3cccnc3)[C@H](CO)O2)nn1. The fourth-order valence-corrected chi connectivity index (χ4v) is 3.58. The van der Waals surface area contributed by atoms with Crippen molar-refractivity contribution in [2.24, 2.45) is 0 Å². The molecule has 9 heteroatoms. The van der Waals surface area contributed by atoms with Crippen molar-refractivity contribution in [1.29, 1.82) is 0 Å².